The summed E-state index contributed by atoms with van der Waals surface area (Å²) >= 11 is 5.42. The Kier molecular flexibility index (Phi) is 5.03. The van der Waals surface area contributed by atoms with Crippen molar-refractivity contribution in [3.05, 3.63) is 20.8 Å². The minimum Gasteiger partial charge on any atom is -0.329 e. The van der Waals surface area contributed by atoms with Crippen molar-refractivity contribution in [2.75, 3.05) is 20.1 Å². The van der Waals surface area contributed by atoms with Crippen LogP contribution in [0.2, 0.25) is 0 Å². The fourth-order valence-electron chi connectivity index (χ4n) is 2.76. The number of rotatable bonds is 5. The quantitative estimate of drug-likeness (QED) is 0.898. The van der Waals surface area contributed by atoms with Crippen LogP contribution in [0.5, 0.6) is 0 Å². The Hall–Kier alpha value is 0.100. The molecule has 1 aliphatic rings. The maximum Gasteiger partial charge on any atom is 0.0573 e. The van der Waals surface area contributed by atoms with Gasteiger partial charge in [-0.05, 0) is 53.2 Å². The molecule has 0 aromatic carbocycles. The zero-order chi connectivity index (χ0) is 12.3. The predicted molar refractivity (Wildman–Crippen MR) is 78.4 cm³/mol. The van der Waals surface area contributed by atoms with Crippen molar-refractivity contribution in [2.24, 2.45) is 11.7 Å². The first-order chi connectivity index (χ1) is 8.22. The normalized spacial score (nSPS) is 19.1. The van der Waals surface area contributed by atoms with E-state index < -0.39 is 0 Å². The maximum atomic E-state index is 5.95. The zero-order valence-electron chi connectivity index (χ0n) is 10.4. The van der Waals surface area contributed by atoms with E-state index in [-0.39, 0.29) is 0 Å². The Morgan fingerprint density at radius 2 is 2.24 bits per heavy atom. The number of halogens is 1. The average Bonchev–Trinajstić information content (AvgIpc) is 2.92. The van der Waals surface area contributed by atoms with Crippen LogP contribution in [0.25, 0.3) is 0 Å². The van der Waals surface area contributed by atoms with Gasteiger partial charge in [0.15, 0.2) is 0 Å². The summed E-state index contributed by atoms with van der Waals surface area (Å²) in [6.07, 6.45) is 5.61. The summed E-state index contributed by atoms with van der Waals surface area (Å²) in [4.78, 5) is 3.81. The van der Waals surface area contributed by atoms with Crippen LogP contribution in [0.4, 0.5) is 0 Å². The smallest absolute Gasteiger partial charge is 0.0573 e. The van der Waals surface area contributed by atoms with E-state index >= 15 is 0 Å². The summed E-state index contributed by atoms with van der Waals surface area (Å²) in [5.74, 6) is 0.882. The lowest BCUT2D eigenvalue weighted by molar-refractivity contribution is 0.214. The molecule has 96 valence electrons. The van der Waals surface area contributed by atoms with Crippen molar-refractivity contribution in [1.82, 2.24) is 4.90 Å². The highest BCUT2D eigenvalue weighted by atomic mass is 79.9. The monoisotopic (exact) mass is 316 g/mol. The van der Waals surface area contributed by atoms with E-state index in [9.17, 15) is 0 Å². The molecule has 1 aromatic heterocycles. The minimum absolute atomic E-state index is 0.366. The molecule has 1 heterocycles. The molecule has 1 unspecified atom stereocenters. The first-order valence-electron chi connectivity index (χ1n) is 6.35. The molecule has 1 saturated carbocycles. The third-order valence-corrected chi connectivity index (χ3v) is 5.70. The highest BCUT2D eigenvalue weighted by Gasteiger charge is 2.23. The van der Waals surface area contributed by atoms with E-state index in [1.54, 1.807) is 11.3 Å². The molecule has 2 rings (SSSR count). The molecular weight excluding hydrogens is 296 g/mol. The summed E-state index contributed by atoms with van der Waals surface area (Å²) < 4.78 is 1.20. The Labute approximate surface area is 116 Å². The Bertz CT molecular complexity index is 347. The van der Waals surface area contributed by atoms with Crippen molar-refractivity contribution in [2.45, 2.75) is 31.7 Å². The molecule has 2 N–H and O–H groups in total. The molecule has 0 radical (unpaired) electrons. The molecule has 4 heteroatoms. The third-order valence-electron chi connectivity index (χ3n) is 3.72. The molecule has 0 amide bonds. The first kappa shape index (κ1) is 13.5. The van der Waals surface area contributed by atoms with Crippen LogP contribution < -0.4 is 5.73 Å². The van der Waals surface area contributed by atoms with Crippen LogP contribution in [-0.4, -0.2) is 25.0 Å². The number of nitrogens with two attached hydrogens (primary N) is 1. The number of thiophene rings is 1. The molecule has 0 bridgehead atoms. The SMILES string of the molecule is CN(CC1CCCC1)C(CN)c1sccc1Br. The molecular formula is C13H21BrN2S. The number of hydrogen-bond donors (Lipinski definition) is 1. The second-order valence-electron chi connectivity index (χ2n) is 4.97. The minimum atomic E-state index is 0.366. The van der Waals surface area contributed by atoms with Crippen molar-refractivity contribution < 1.29 is 0 Å². The lowest BCUT2D eigenvalue weighted by Gasteiger charge is -2.29. The van der Waals surface area contributed by atoms with Gasteiger partial charge in [0, 0.05) is 22.4 Å². The van der Waals surface area contributed by atoms with E-state index in [1.165, 1.54) is 41.6 Å². The fraction of sp³-hybridized carbons (Fsp3) is 0.692. The van der Waals surface area contributed by atoms with E-state index in [0.29, 0.717) is 12.6 Å². The summed E-state index contributed by atoms with van der Waals surface area (Å²) in [6.45, 7) is 1.88. The van der Waals surface area contributed by atoms with Gasteiger partial charge in [-0.3, -0.25) is 4.90 Å². The Morgan fingerprint density at radius 1 is 1.53 bits per heavy atom. The van der Waals surface area contributed by atoms with Gasteiger partial charge in [-0.2, -0.15) is 0 Å². The molecule has 1 aromatic rings. The summed E-state index contributed by atoms with van der Waals surface area (Å²) in [7, 11) is 2.21. The van der Waals surface area contributed by atoms with Gasteiger partial charge in [0.1, 0.15) is 0 Å². The van der Waals surface area contributed by atoms with Crippen LogP contribution >= 0.6 is 27.3 Å². The highest BCUT2D eigenvalue weighted by Crippen LogP contribution is 2.33. The average molecular weight is 317 g/mol. The van der Waals surface area contributed by atoms with Gasteiger partial charge in [-0.15, -0.1) is 11.3 Å². The first-order valence-corrected chi connectivity index (χ1v) is 8.03. The molecule has 0 aliphatic heterocycles. The van der Waals surface area contributed by atoms with Crippen molar-refractivity contribution >= 4 is 27.3 Å². The lowest BCUT2D eigenvalue weighted by atomic mass is 10.1. The summed E-state index contributed by atoms with van der Waals surface area (Å²) in [6, 6.07) is 2.48. The van der Waals surface area contributed by atoms with Crippen molar-refractivity contribution in [1.29, 1.82) is 0 Å². The van der Waals surface area contributed by atoms with Crippen LogP contribution in [0.1, 0.15) is 36.6 Å². The number of likely N-dealkylation sites (N-methyl/N-ethyl adjacent to an activating group) is 1. The number of nitrogens with zero attached hydrogens (tertiary/aromatic N) is 1. The second-order valence-corrected chi connectivity index (χ2v) is 6.78. The van der Waals surface area contributed by atoms with E-state index in [2.05, 4.69) is 39.3 Å². The maximum absolute atomic E-state index is 5.95. The second kappa shape index (κ2) is 6.32. The van der Waals surface area contributed by atoms with Gasteiger partial charge in [-0.25, -0.2) is 0 Å². The number of hydrogen-bond acceptors (Lipinski definition) is 3. The molecule has 0 spiro atoms. The van der Waals surface area contributed by atoms with E-state index in [0.717, 1.165) is 5.92 Å². The van der Waals surface area contributed by atoms with E-state index in [4.69, 9.17) is 5.73 Å². The van der Waals surface area contributed by atoms with Crippen molar-refractivity contribution in [3.63, 3.8) is 0 Å². The largest absolute Gasteiger partial charge is 0.329 e. The third kappa shape index (κ3) is 3.31. The van der Waals surface area contributed by atoms with E-state index in [1.807, 2.05) is 0 Å². The van der Waals surface area contributed by atoms with Crippen molar-refractivity contribution in [3.8, 4) is 0 Å². The molecule has 2 nitrogen and oxygen atoms in total. The Morgan fingerprint density at radius 3 is 2.76 bits per heavy atom. The van der Waals surface area contributed by atoms with Crippen LogP contribution in [0, 0.1) is 5.92 Å². The molecule has 1 aliphatic carbocycles. The molecule has 1 atom stereocenters. The zero-order valence-corrected chi connectivity index (χ0v) is 12.8. The summed E-state index contributed by atoms with van der Waals surface area (Å²) in [5, 5.41) is 2.13. The highest BCUT2D eigenvalue weighted by molar-refractivity contribution is 9.10. The van der Waals surface area contributed by atoms with Gasteiger partial charge in [0.2, 0.25) is 0 Å². The predicted octanol–water partition coefficient (Wildman–Crippen LogP) is 3.63. The van der Waals surface area contributed by atoms with Gasteiger partial charge in [0.25, 0.3) is 0 Å². The molecule has 1 fully saturated rings. The van der Waals surface area contributed by atoms with Gasteiger partial charge < -0.3 is 5.73 Å². The van der Waals surface area contributed by atoms with Crippen LogP contribution in [0.3, 0.4) is 0 Å². The fourth-order valence-corrected chi connectivity index (χ4v) is 4.57. The van der Waals surface area contributed by atoms with Gasteiger partial charge >= 0.3 is 0 Å². The lowest BCUT2D eigenvalue weighted by Crippen LogP contribution is -2.33. The standard InChI is InChI=1S/C13H21BrN2S/c1-16(9-10-4-2-3-5-10)12(8-15)13-11(14)6-7-17-13/h6-7,10,12H,2-5,8-9,15H2,1H3. The van der Waals surface area contributed by atoms with Crippen LogP contribution in [0.15, 0.2) is 15.9 Å². The van der Waals surface area contributed by atoms with Gasteiger partial charge in [0.05, 0.1) is 6.04 Å². The molecule has 17 heavy (non-hydrogen) atoms. The summed E-state index contributed by atoms with van der Waals surface area (Å²) in [5.41, 5.74) is 5.95. The van der Waals surface area contributed by atoms with Crippen LogP contribution in [-0.2, 0) is 0 Å². The topological polar surface area (TPSA) is 29.3 Å². The van der Waals surface area contributed by atoms with Gasteiger partial charge in [-0.1, -0.05) is 12.8 Å². The Balaban J connectivity index is 1.99. The molecule has 0 saturated heterocycles.